The highest BCUT2D eigenvalue weighted by Crippen LogP contribution is 2.22. The van der Waals surface area contributed by atoms with Gasteiger partial charge >= 0.3 is 0 Å². The molecule has 0 aliphatic heterocycles. The zero-order valence-electron chi connectivity index (χ0n) is 14.2. The van der Waals surface area contributed by atoms with Crippen LogP contribution < -0.4 is 5.32 Å². The van der Waals surface area contributed by atoms with Gasteiger partial charge in [0.05, 0.1) is 11.0 Å². The summed E-state index contributed by atoms with van der Waals surface area (Å²) in [7, 11) is 0. The van der Waals surface area contributed by atoms with Crippen LogP contribution in [0.3, 0.4) is 0 Å². The van der Waals surface area contributed by atoms with Crippen LogP contribution >= 0.6 is 0 Å². The molecule has 0 radical (unpaired) electrons. The van der Waals surface area contributed by atoms with E-state index >= 15 is 0 Å². The second-order valence-corrected chi connectivity index (χ2v) is 6.06. The molecular weight excluding hydrogens is 298 g/mol. The number of hydrogen-bond acceptors (Lipinski definition) is 2. The average molecular weight is 321 g/mol. The molecule has 1 N–H and O–H groups in total. The van der Waals surface area contributed by atoms with Crippen molar-refractivity contribution < 1.29 is 4.79 Å². The maximum atomic E-state index is 12.1. The third-order valence-corrected chi connectivity index (χ3v) is 4.24. The van der Waals surface area contributed by atoms with Crippen molar-refractivity contribution in [2.24, 2.45) is 0 Å². The van der Waals surface area contributed by atoms with Gasteiger partial charge in [-0.25, -0.2) is 4.98 Å². The Morgan fingerprint density at radius 2 is 1.83 bits per heavy atom. The number of aromatic nitrogens is 2. The van der Waals surface area contributed by atoms with Crippen molar-refractivity contribution >= 4 is 16.9 Å². The largest absolute Gasteiger partial charge is 0.354 e. The van der Waals surface area contributed by atoms with Crippen LogP contribution in [0.4, 0.5) is 0 Å². The van der Waals surface area contributed by atoms with Gasteiger partial charge in [0.1, 0.15) is 5.82 Å². The number of benzene rings is 2. The molecule has 3 aromatic rings. The van der Waals surface area contributed by atoms with Crippen LogP contribution in [-0.4, -0.2) is 21.5 Å². The third kappa shape index (κ3) is 3.48. The van der Waals surface area contributed by atoms with Crippen molar-refractivity contribution in [1.82, 2.24) is 14.9 Å². The van der Waals surface area contributed by atoms with Gasteiger partial charge < -0.3 is 5.32 Å². The number of nitrogens with zero attached hydrogens (tertiary/aromatic N) is 2. The topological polar surface area (TPSA) is 46.9 Å². The summed E-state index contributed by atoms with van der Waals surface area (Å²) in [6.45, 7) is 4.09. The standard InChI is InChI=1S/C20H23N3O/c1-3-15(2)21-20(24)14-13-19-22-17-11-7-8-12-18(17)23(19)16-9-5-4-6-10-16/h4-12,15H,3,13-14H2,1-2H3,(H,21,24)/t15-/m1/s1. The number of imidazole rings is 1. The van der Waals surface area contributed by atoms with Crippen molar-refractivity contribution in [3.05, 3.63) is 60.4 Å². The molecule has 124 valence electrons. The first-order valence-electron chi connectivity index (χ1n) is 8.50. The number of aryl methyl sites for hydroxylation is 1. The van der Waals surface area contributed by atoms with E-state index in [4.69, 9.17) is 4.98 Å². The molecule has 0 spiro atoms. The molecule has 0 unspecified atom stereocenters. The highest BCUT2D eigenvalue weighted by molar-refractivity contribution is 5.79. The normalized spacial score (nSPS) is 12.2. The summed E-state index contributed by atoms with van der Waals surface area (Å²) >= 11 is 0. The smallest absolute Gasteiger partial charge is 0.220 e. The van der Waals surface area contributed by atoms with Crippen LogP contribution in [0.5, 0.6) is 0 Å². The molecule has 0 aliphatic rings. The molecule has 1 amide bonds. The molecule has 1 atom stereocenters. The van der Waals surface area contributed by atoms with Crippen molar-refractivity contribution in [3.63, 3.8) is 0 Å². The van der Waals surface area contributed by atoms with Gasteiger partial charge in [-0.05, 0) is 37.6 Å². The van der Waals surface area contributed by atoms with Crippen LogP contribution in [0.1, 0.15) is 32.5 Å². The van der Waals surface area contributed by atoms with Gasteiger partial charge in [0.2, 0.25) is 5.91 Å². The molecule has 0 aliphatic carbocycles. The first-order valence-corrected chi connectivity index (χ1v) is 8.50. The Morgan fingerprint density at radius 1 is 1.12 bits per heavy atom. The summed E-state index contributed by atoms with van der Waals surface area (Å²) in [6, 6.07) is 18.5. The van der Waals surface area contributed by atoms with Crippen molar-refractivity contribution in [1.29, 1.82) is 0 Å². The molecule has 4 nitrogen and oxygen atoms in total. The summed E-state index contributed by atoms with van der Waals surface area (Å²) < 4.78 is 2.14. The lowest BCUT2D eigenvalue weighted by atomic mass is 10.2. The van der Waals surface area contributed by atoms with Gasteiger partial charge in [0, 0.05) is 24.6 Å². The molecule has 1 aromatic heterocycles. The van der Waals surface area contributed by atoms with Crippen LogP contribution in [0.25, 0.3) is 16.7 Å². The molecule has 2 aromatic carbocycles. The molecule has 4 heteroatoms. The minimum Gasteiger partial charge on any atom is -0.354 e. The molecular formula is C20H23N3O. The number of hydrogen-bond donors (Lipinski definition) is 1. The molecule has 1 heterocycles. The van der Waals surface area contributed by atoms with Gasteiger partial charge in [0.15, 0.2) is 0 Å². The number of rotatable bonds is 6. The fourth-order valence-electron chi connectivity index (χ4n) is 2.78. The van der Waals surface area contributed by atoms with E-state index in [2.05, 4.69) is 35.0 Å². The quantitative estimate of drug-likeness (QED) is 0.749. The van der Waals surface area contributed by atoms with E-state index in [-0.39, 0.29) is 11.9 Å². The van der Waals surface area contributed by atoms with Crippen molar-refractivity contribution in [2.75, 3.05) is 0 Å². The van der Waals surface area contributed by atoms with Crippen LogP contribution in [0.2, 0.25) is 0 Å². The Bertz CT molecular complexity index is 823. The fourth-order valence-corrected chi connectivity index (χ4v) is 2.78. The molecule has 0 fully saturated rings. The van der Waals surface area contributed by atoms with Gasteiger partial charge in [0.25, 0.3) is 0 Å². The van der Waals surface area contributed by atoms with Crippen LogP contribution in [0.15, 0.2) is 54.6 Å². The van der Waals surface area contributed by atoms with E-state index in [1.54, 1.807) is 0 Å². The Kier molecular flexibility index (Phi) is 4.94. The van der Waals surface area contributed by atoms with Crippen molar-refractivity contribution in [3.8, 4) is 5.69 Å². The van der Waals surface area contributed by atoms with Gasteiger partial charge in [-0.3, -0.25) is 9.36 Å². The highest BCUT2D eigenvalue weighted by Gasteiger charge is 2.14. The Morgan fingerprint density at radius 3 is 2.58 bits per heavy atom. The lowest BCUT2D eigenvalue weighted by molar-refractivity contribution is -0.121. The van der Waals surface area contributed by atoms with Crippen LogP contribution in [-0.2, 0) is 11.2 Å². The maximum Gasteiger partial charge on any atom is 0.220 e. The molecule has 24 heavy (non-hydrogen) atoms. The lowest BCUT2D eigenvalue weighted by Gasteiger charge is -2.12. The third-order valence-electron chi connectivity index (χ3n) is 4.24. The number of fused-ring (bicyclic) bond motifs is 1. The van der Waals surface area contributed by atoms with Gasteiger partial charge in [-0.2, -0.15) is 0 Å². The maximum absolute atomic E-state index is 12.1. The molecule has 0 bridgehead atoms. The Balaban J connectivity index is 1.89. The Hall–Kier alpha value is -2.62. The van der Waals surface area contributed by atoms with E-state index < -0.39 is 0 Å². The van der Waals surface area contributed by atoms with Gasteiger partial charge in [-0.15, -0.1) is 0 Å². The number of amides is 1. The summed E-state index contributed by atoms with van der Waals surface area (Å²) in [5, 5.41) is 3.02. The average Bonchev–Trinajstić information content (AvgIpc) is 2.99. The zero-order valence-corrected chi connectivity index (χ0v) is 14.2. The summed E-state index contributed by atoms with van der Waals surface area (Å²) in [5.74, 6) is 0.998. The monoisotopic (exact) mass is 321 g/mol. The number of carbonyl (C=O) groups is 1. The minimum atomic E-state index is 0.0796. The number of nitrogens with one attached hydrogen (secondary N) is 1. The van der Waals surface area contributed by atoms with Gasteiger partial charge in [-0.1, -0.05) is 37.3 Å². The van der Waals surface area contributed by atoms with E-state index in [0.29, 0.717) is 12.8 Å². The SMILES string of the molecule is CC[C@@H](C)NC(=O)CCc1nc2ccccc2n1-c1ccccc1. The number of para-hydroxylation sites is 3. The van der Waals surface area contributed by atoms with E-state index in [9.17, 15) is 4.79 Å². The van der Waals surface area contributed by atoms with E-state index in [1.165, 1.54) is 0 Å². The first kappa shape index (κ1) is 16.2. The lowest BCUT2D eigenvalue weighted by Crippen LogP contribution is -2.32. The van der Waals surface area contributed by atoms with Crippen LogP contribution in [0, 0.1) is 0 Å². The first-order chi connectivity index (χ1) is 11.7. The predicted molar refractivity (Wildman–Crippen MR) is 97.3 cm³/mol. The second-order valence-electron chi connectivity index (χ2n) is 6.06. The summed E-state index contributed by atoms with van der Waals surface area (Å²) in [6.07, 6.45) is 2.00. The van der Waals surface area contributed by atoms with Crippen molar-refractivity contribution in [2.45, 2.75) is 39.2 Å². The molecule has 3 rings (SSSR count). The molecule has 0 saturated carbocycles. The van der Waals surface area contributed by atoms with E-state index in [1.807, 2.05) is 43.3 Å². The Labute approximate surface area is 142 Å². The fraction of sp³-hybridized carbons (Fsp3) is 0.300. The minimum absolute atomic E-state index is 0.0796. The predicted octanol–water partition coefficient (Wildman–Crippen LogP) is 3.87. The number of carbonyl (C=O) groups excluding carboxylic acids is 1. The summed E-state index contributed by atoms with van der Waals surface area (Å²) in [5.41, 5.74) is 3.10. The van der Waals surface area contributed by atoms with E-state index in [0.717, 1.165) is 29.0 Å². The summed E-state index contributed by atoms with van der Waals surface area (Å²) in [4.78, 5) is 16.8. The second kappa shape index (κ2) is 7.30. The highest BCUT2D eigenvalue weighted by atomic mass is 16.1. The zero-order chi connectivity index (χ0) is 16.9. The molecule has 0 saturated heterocycles.